The molecule has 2 nitrogen and oxygen atoms in total. The molecule has 0 aromatic heterocycles. The summed E-state index contributed by atoms with van der Waals surface area (Å²) in [5.74, 6) is 0. The van der Waals surface area contributed by atoms with Gasteiger partial charge in [0, 0.05) is 17.5 Å². The van der Waals surface area contributed by atoms with E-state index in [4.69, 9.17) is 0 Å². The van der Waals surface area contributed by atoms with Crippen molar-refractivity contribution in [3.63, 3.8) is 0 Å². The van der Waals surface area contributed by atoms with Crippen molar-refractivity contribution in [2.75, 3.05) is 19.3 Å². The van der Waals surface area contributed by atoms with Gasteiger partial charge < -0.3 is 10.6 Å². The van der Waals surface area contributed by atoms with Crippen molar-refractivity contribution < 1.29 is 0 Å². The molecule has 17 heavy (non-hydrogen) atoms. The maximum Gasteiger partial charge on any atom is 0.0205 e. The first-order valence-electron chi connectivity index (χ1n) is 6.45. The van der Waals surface area contributed by atoms with Crippen LogP contribution in [-0.4, -0.2) is 25.4 Å². The average molecular weight is 250 g/mol. The third-order valence-electron chi connectivity index (χ3n) is 3.32. The van der Waals surface area contributed by atoms with Crippen LogP contribution in [0, 0.1) is 0 Å². The number of hydrogen-bond acceptors (Lipinski definition) is 3. The summed E-state index contributed by atoms with van der Waals surface area (Å²) in [6.07, 6.45) is 6.07. The van der Waals surface area contributed by atoms with Crippen molar-refractivity contribution in [2.45, 2.75) is 36.7 Å². The first-order chi connectivity index (χ1) is 8.38. The van der Waals surface area contributed by atoms with Gasteiger partial charge in [-0.3, -0.25) is 0 Å². The molecule has 1 heterocycles. The molecule has 0 bridgehead atoms. The van der Waals surface area contributed by atoms with Crippen molar-refractivity contribution >= 4 is 11.8 Å². The van der Waals surface area contributed by atoms with E-state index >= 15 is 0 Å². The van der Waals surface area contributed by atoms with Gasteiger partial charge in [-0.05, 0) is 56.3 Å². The quantitative estimate of drug-likeness (QED) is 0.599. The number of rotatable bonds is 6. The standard InChI is InChI=1S/C14H22N2S/c1-17-14-6-4-12(5-7-14)11-15-10-8-13-3-2-9-16-13/h4-7,13,15-16H,2-3,8-11H2,1H3. The molecule has 1 atom stereocenters. The minimum Gasteiger partial charge on any atom is -0.314 e. The van der Waals surface area contributed by atoms with Crippen molar-refractivity contribution in [3.8, 4) is 0 Å². The Morgan fingerprint density at radius 2 is 2.18 bits per heavy atom. The first kappa shape index (κ1) is 12.9. The van der Waals surface area contributed by atoms with E-state index in [1.54, 1.807) is 11.8 Å². The number of nitrogens with one attached hydrogen (secondary N) is 2. The molecule has 1 aromatic carbocycles. The van der Waals surface area contributed by atoms with E-state index in [0.717, 1.165) is 19.1 Å². The summed E-state index contributed by atoms with van der Waals surface area (Å²) in [5.41, 5.74) is 1.38. The van der Waals surface area contributed by atoms with Gasteiger partial charge in [-0.15, -0.1) is 11.8 Å². The van der Waals surface area contributed by atoms with Gasteiger partial charge in [-0.1, -0.05) is 12.1 Å². The van der Waals surface area contributed by atoms with Gasteiger partial charge in [0.05, 0.1) is 0 Å². The highest BCUT2D eigenvalue weighted by Crippen LogP contribution is 2.14. The third kappa shape index (κ3) is 4.34. The van der Waals surface area contributed by atoms with Crippen LogP contribution in [-0.2, 0) is 6.54 Å². The van der Waals surface area contributed by atoms with Crippen LogP contribution in [0.2, 0.25) is 0 Å². The number of thioether (sulfide) groups is 1. The topological polar surface area (TPSA) is 24.1 Å². The summed E-state index contributed by atoms with van der Waals surface area (Å²) >= 11 is 1.79. The lowest BCUT2D eigenvalue weighted by Gasteiger charge is -2.10. The molecular weight excluding hydrogens is 228 g/mol. The summed E-state index contributed by atoms with van der Waals surface area (Å²) in [6, 6.07) is 9.57. The first-order valence-corrected chi connectivity index (χ1v) is 7.68. The summed E-state index contributed by atoms with van der Waals surface area (Å²) in [7, 11) is 0. The van der Waals surface area contributed by atoms with Crippen molar-refractivity contribution in [2.24, 2.45) is 0 Å². The molecule has 2 N–H and O–H groups in total. The lowest BCUT2D eigenvalue weighted by molar-refractivity contribution is 0.523. The van der Waals surface area contributed by atoms with E-state index in [-0.39, 0.29) is 0 Å². The molecule has 2 rings (SSSR count). The maximum absolute atomic E-state index is 3.53. The molecule has 1 aliphatic heterocycles. The zero-order chi connectivity index (χ0) is 11.9. The van der Waals surface area contributed by atoms with Gasteiger partial charge in [0.1, 0.15) is 0 Å². The Hall–Kier alpha value is -0.510. The molecule has 3 heteroatoms. The fourth-order valence-corrected chi connectivity index (χ4v) is 2.66. The van der Waals surface area contributed by atoms with E-state index in [2.05, 4.69) is 41.2 Å². The van der Waals surface area contributed by atoms with Crippen LogP contribution in [0.1, 0.15) is 24.8 Å². The number of benzene rings is 1. The van der Waals surface area contributed by atoms with Gasteiger partial charge in [-0.25, -0.2) is 0 Å². The molecule has 0 aliphatic carbocycles. The Kier molecular flexibility index (Phi) is 5.36. The summed E-state index contributed by atoms with van der Waals surface area (Å²) in [4.78, 5) is 1.34. The lowest BCUT2D eigenvalue weighted by Crippen LogP contribution is -2.26. The van der Waals surface area contributed by atoms with E-state index < -0.39 is 0 Å². The predicted octanol–water partition coefficient (Wildman–Crippen LogP) is 2.64. The predicted molar refractivity (Wildman–Crippen MR) is 75.6 cm³/mol. The lowest BCUT2D eigenvalue weighted by atomic mass is 10.1. The molecule has 1 aliphatic rings. The molecule has 0 spiro atoms. The van der Waals surface area contributed by atoms with Crippen LogP contribution in [0.4, 0.5) is 0 Å². The Balaban J connectivity index is 1.63. The highest BCUT2D eigenvalue weighted by atomic mass is 32.2. The molecule has 1 saturated heterocycles. The molecule has 1 unspecified atom stereocenters. The number of hydrogen-bond donors (Lipinski definition) is 2. The van der Waals surface area contributed by atoms with Gasteiger partial charge >= 0.3 is 0 Å². The monoisotopic (exact) mass is 250 g/mol. The van der Waals surface area contributed by atoms with Crippen LogP contribution < -0.4 is 10.6 Å². The van der Waals surface area contributed by atoms with Crippen molar-refractivity contribution in [1.82, 2.24) is 10.6 Å². The Bertz CT molecular complexity index is 317. The molecular formula is C14H22N2S. The molecule has 94 valence electrons. The second-order valence-corrected chi connectivity index (χ2v) is 5.49. The average Bonchev–Trinajstić information content (AvgIpc) is 2.88. The van der Waals surface area contributed by atoms with Crippen LogP contribution >= 0.6 is 11.8 Å². The minimum atomic E-state index is 0.751. The fourth-order valence-electron chi connectivity index (χ4n) is 2.26. The fraction of sp³-hybridized carbons (Fsp3) is 0.571. The summed E-state index contributed by atoms with van der Waals surface area (Å²) < 4.78 is 0. The van der Waals surface area contributed by atoms with Crippen LogP contribution in [0.25, 0.3) is 0 Å². The van der Waals surface area contributed by atoms with E-state index in [0.29, 0.717) is 0 Å². The normalized spacial score (nSPS) is 19.7. The van der Waals surface area contributed by atoms with Gasteiger partial charge in [0.25, 0.3) is 0 Å². The molecule has 0 saturated carbocycles. The smallest absolute Gasteiger partial charge is 0.0205 e. The van der Waals surface area contributed by atoms with E-state index in [9.17, 15) is 0 Å². The van der Waals surface area contributed by atoms with Crippen LogP contribution in [0.5, 0.6) is 0 Å². The largest absolute Gasteiger partial charge is 0.314 e. The SMILES string of the molecule is CSc1ccc(CNCCC2CCCN2)cc1. The van der Waals surface area contributed by atoms with E-state index in [1.807, 2.05) is 0 Å². The van der Waals surface area contributed by atoms with Crippen molar-refractivity contribution in [3.05, 3.63) is 29.8 Å². The van der Waals surface area contributed by atoms with Gasteiger partial charge in [0.2, 0.25) is 0 Å². The maximum atomic E-state index is 3.53. The van der Waals surface area contributed by atoms with Gasteiger partial charge in [-0.2, -0.15) is 0 Å². The highest BCUT2D eigenvalue weighted by Gasteiger charge is 2.12. The molecule has 0 radical (unpaired) electrons. The summed E-state index contributed by atoms with van der Waals surface area (Å²) in [6.45, 7) is 3.31. The Morgan fingerprint density at radius 1 is 1.35 bits per heavy atom. The van der Waals surface area contributed by atoms with Crippen LogP contribution in [0.15, 0.2) is 29.2 Å². The second kappa shape index (κ2) is 7.04. The molecule has 1 fully saturated rings. The molecule has 0 amide bonds. The highest BCUT2D eigenvalue weighted by molar-refractivity contribution is 7.98. The van der Waals surface area contributed by atoms with Crippen molar-refractivity contribution in [1.29, 1.82) is 0 Å². The zero-order valence-electron chi connectivity index (χ0n) is 10.5. The second-order valence-electron chi connectivity index (χ2n) is 4.61. The third-order valence-corrected chi connectivity index (χ3v) is 4.06. The zero-order valence-corrected chi connectivity index (χ0v) is 11.4. The summed E-state index contributed by atoms with van der Waals surface area (Å²) in [5, 5.41) is 7.05. The Labute approximate surface area is 109 Å². The minimum absolute atomic E-state index is 0.751. The molecule has 1 aromatic rings. The van der Waals surface area contributed by atoms with Gasteiger partial charge in [0.15, 0.2) is 0 Å². The van der Waals surface area contributed by atoms with Crippen LogP contribution in [0.3, 0.4) is 0 Å². The van der Waals surface area contributed by atoms with E-state index in [1.165, 1.54) is 36.3 Å². The Morgan fingerprint density at radius 3 is 2.82 bits per heavy atom.